The molecule has 1 aromatic rings. The summed E-state index contributed by atoms with van der Waals surface area (Å²) in [6.45, 7) is 4.14. The molecular weight excluding hydrogens is 262 g/mol. The molecule has 0 aliphatic heterocycles. The van der Waals surface area contributed by atoms with Gasteiger partial charge in [0.1, 0.15) is 11.5 Å². The van der Waals surface area contributed by atoms with E-state index in [0.29, 0.717) is 11.6 Å². The molecule has 1 amide bonds. The Balaban J connectivity index is 2.65. The number of anilines is 1. The highest BCUT2D eigenvalue weighted by molar-refractivity contribution is 7.92. The van der Waals surface area contributed by atoms with Crippen LogP contribution in [0.1, 0.15) is 25.3 Å². The van der Waals surface area contributed by atoms with Crippen LogP contribution in [0, 0.1) is 12.3 Å². The molecule has 1 rings (SSSR count). The van der Waals surface area contributed by atoms with Crippen molar-refractivity contribution < 1.29 is 13.2 Å². The number of carbonyl (C=O) groups is 1. The van der Waals surface area contributed by atoms with E-state index < -0.39 is 27.3 Å². The molecule has 5 heteroatoms. The third-order valence-corrected chi connectivity index (χ3v) is 3.82. The lowest BCUT2D eigenvalue weighted by Crippen LogP contribution is -2.24. The number of carbonyl (C=O) groups excluding carboxylic acids is 1. The summed E-state index contributed by atoms with van der Waals surface area (Å²) in [5.74, 6) is 0.838. The van der Waals surface area contributed by atoms with E-state index in [-0.39, 0.29) is 0 Å². The molecule has 0 saturated heterocycles. The van der Waals surface area contributed by atoms with Crippen LogP contribution in [0.2, 0.25) is 0 Å². The zero-order valence-electron chi connectivity index (χ0n) is 11.0. The Morgan fingerprint density at radius 3 is 2.37 bits per heavy atom. The SMILES string of the molecule is C#CCS(=O)(=O)CC(=O)Nc1ccc(C(C)C)cc1. The van der Waals surface area contributed by atoms with E-state index in [2.05, 4.69) is 19.2 Å². The fourth-order valence-electron chi connectivity index (χ4n) is 1.53. The summed E-state index contributed by atoms with van der Waals surface area (Å²) >= 11 is 0. The molecule has 0 aliphatic carbocycles. The van der Waals surface area contributed by atoms with Gasteiger partial charge in [-0.3, -0.25) is 4.79 Å². The molecule has 102 valence electrons. The average Bonchev–Trinajstić information content (AvgIpc) is 2.28. The summed E-state index contributed by atoms with van der Waals surface area (Å²) in [6.07, 6.45) is 4.93. The molecule has 1 aromatic carbocycles. The Labute approximate surface area is 114 Å². The molecular formula is C14H17NO3S. The summed E-state index contributed by atoms with van der Waals surface area (Å²) < 4.78 is 22.7. The second-order valence-electron chi connectivity index (χ2n) is 4.56. The van der Waals surface area contributed by atoms with Crippen LogP contribution in [0.15, 0.2) is 24.3 Å². The number of terminal acetylenes is 1. The summed E-state index contributed by atoms with van der Waals surface area (Å²) in [4.78, 5) is 11.6. The first-order valence-corrected chi connectivity index (χ1v) is 7.70. The maximum atomic E-state index is 11.6. The Kier molecular flexibility index (Phi) is 5.13. The Morgan fingerprint density at radius 1 is 1.32 bits per heavy atom. The van der Waals surface area contributed by atoms with Crippen LogP contribution in [-0.2, 0) is 14.6 Å². The predicted molar refractivity (Wildman–Crippen MR) is 76.6 cm³/mol. The van der Waals surface area contributed by atoms with Gasteiger partial charge in [0.05, 0.1) is 0 Å². The van der Waals surface area contributed by atoms with E-state index >= 15 is 0 Å². The lowest BCUT2D eigenvalue weighted by Gasteiger charge is -2.08. The molecule has 0 bridgehead atoms. The minimum atomic E-state index is -3.52. The number of amides is 1. The monoisotopic (exact) mass is 279 g/mol. The highest BCUT2D eigenvalue weighted by Crippen LogP contribution is 2.17. The highest BCUT2D eigenvalue weighted by Gasteiger charge is 2.15. The minimum absolute atomic E-state index is 0.403. The topological polar surface area (TPSA) is 63.2 Å². The van der Waals surface area contributed by atoms with Crippen molar-refractivity contribution in [2.75, 3.05) is 16.8 Å². The molecule has 0 saturated carbocycles. The molecule has 0 unspecified atom stereocenters. The zero-order valence-corrected chi connectivity index (χ0v) is 11.8. The van der Waals surface area contributed by atoms with Gasteiger partial charge in [0.2, 0.25) is 5.91 Å². The smallest absolute Gasteiger partial charge is 0.239 e. The van der Waals surface area contributed by atoms with Gasteiger partial charge >= 0.3 is 0 Å². The van der Waals surface area contributed by atoms with Gasteiger partial charge in [-0.2, -0.15) is 0 Å². The molecule has 4 nitrogen and oxygen atoms in total. The summed E-state index contributed by atoms with van der Waals surface area (Å²) in [5, 5.41) is 2.54. The molecule has 0 spiro atoms. The van der Waals surface area contributed by atoms with Crippen molar-refractivity contribution in [3.63, 3.8) is 0 Å². The van der Waals surface area contributed by atoms with Crippen LogP contribution < -0.4 is 5.32 Å². The number of nitrogens with one attached hydrogen (secondary N) is 1. The largest absolute Gasteiger partial charge is 0.325 e. The minimum Gasteiger partial charge on any atom is -0.325 e. The van der Waals surface area contributed by atoms with Gasteiger partial charge in [0.25, 0.3) is 0 Å². The quantitative estimate of drug-likeness (QED) is 0.836. The molecule has 0 fully saturated rings. The van der Waals surface area contributed by atoms with E-state index in [9.17, 15) is 13.2 Å². The van der Waals surface area contributed by atoms with Crippen LogP contribution >= 0.6 is 0 Å². The van der Waals surface area contributed by atoms with Crippen LogP contribution in [0.5, 0.6) is 0 Å². The van der Waals surface area contributed by atoms with E-state index in [4.69, 9.17) is 6.42 Å². The molecule has 0 aromatic heterocycles. The number of hydrogen-bond acceptors (Lipinski definition) is 3. The summed E-state index contributed by atoms with van der Waals surface area (Å²) in [7, 11) is -3.52. The van der Waals surface area contributed by atoms with Gasteiger partial charge < -0.3 is 5.32 Å². The first kappa shape index (κ1) is 15.3. The van der Waals surface area contributed by atoms with Crippen LogP contribution in [-0.4, -0.2) is 25.8 Å². The number of hydrogen-bond donors (Lipinski definition) is 1. The van der Waals surface area contributed by atoms with Crippen LogP contribution in [0.25, 0.3) is 0 Å². The Bertz CT molecular complexity index is 580. The predicted octanol–water partition coefficient (Wildman–Crippen LogP) is 1.80. The van der Waals surface area contributed by atoms with Crippen molar-refractivity contribution in [3.8, 4) is 12.3 Å². The molecule has 0 aliphatic rings. The van der Waals surface area contributed by atoms with Crippen molar-refractivity contribution in [2.45, 2.75) is 19.8 Å². The van der Waals surface area contributed by atoms with Crippen molar-refractivity contribution in [2.24, 2.45) is 0 Å². The fraction of sp³-hybridized carbons (Fsp3) is 0.357. The van der Waals surface area contributed by atoms with Crippen molar-refractivity contribution >= 4 is 21.4 Å². The molecule has 0 radical (unpaired) electrons. The van der Waals surface area contributed by atoms with E-state index in [1.165, 1.54) is 0 Å². The normalized spacial score (nSPS) is 11.1. The molecule has 19 heavy (non-hydrogen) atoms. The number of sulfone groups is 1. The van der Waals surface area contributed by atoms with Crippen molar-refractivity contribution in [1.29, 1.82) is 0 Å². The summed E-state index contributed by atoms with van der Waals surface area (Å²) in [5.41, 5.74) is 1.73. The number of rotatable bonds is 5. The first-order chi connectivity index (χ1) is 8.84. The van der Waals surface area contributed by atoms with E-state index in [0.717, 1.165) is 5.56 Å². The second-order valence-corrected chi connectivity index (χ2v) is 6.63. The first-order valence-electron chi connectivity index (χ1n) is 5.88. The maximum absolute atomic E-state index is 11.6. The third kappa shape index (κ3) is 5.14. The average molecular weight is 279 g/mol. The van der Waals surface area contributed by atoms with Gasteiger partial charge in [0.15, 0.2) is 9.84 Å². The van der Waals surface area contributed by atoms with E-state index in [1.807, 2.05) is 18.1 Å². The highest BCUT2D eigenvalue weighted by atomic mass is 32.2. The van der Waals surface area contributed by atoms with Gasteiger partial charge in [-0.05, 0) is 23.6 Å². The maximum Gasteiger partial charge on any atom is 0.239 e. The second kappa shape index (κ2) is 6.39. The van der Waals surface area contributed by atoms with Gasteiger partial charge in [-0.15, -0.1) is 6.42 Å². The standard InChI is InChI=1S/C14H17NO3S/c1-4-9-19(17,18)10-14(16)15-13-7-5-12(6-8-13)11(2)3/h1,5-8,11H,9-10H2,2-3H3,(H,15,16). The Morgan fingerprint density at radius 2 is 1.89 bits per heavy atom. The van der Waals surface area contributed by atoms with Crippen LogP contribution in [0.3, 0.4) is 0 Å². The van der Waals surface area contributed by atoms with Gasteiger partial charge in [0, 0.05) is 5.69 Å². The Hall–Kier alpha value is -1.80. The van der Waals surface area contributed by atoms with Crippen molar-refractivity contribution in [1.82, 2.24) is 0 Å². The third-order valence-electron chi connectivity index (χ3n) is 2.52. The lowest BCUT2D eigenvalue weighted by atomic mass is 10.0. The number of benzene rings is 1. The fourth-order valence-corrected chi connectivity index (χ4v) is 2.35. The summed E-state index contributed by atoms with van der Waals surface area (Å²) in [6, 6.07) is 7.30. The van der Waals surface area contributed by atoms with Crippen LogP contribution in [0.4, 0.5) is 5.69 Å². The van der Waals surface area contributed by atoms with E-state index in [1.54, 1.807) is 12.1 Å². The molecule has 0 atom stereocenters. The lowest BCUT2D eigenvalue weighted by molar-refractivity contribution is -0.113. The van der Waals surface area contributed by atoms with Gasteiger partial charge in [-0.25, -0.2) is 8.42 Å². The molecule has 1 N–H and O–H groups in total. The van der Waals surface area contributed by atoms with Crippen molar-refractivity contribution in [3.05, 3.63) is 29.8 Å². The zero-order chi connectivity index (χ0) is 14.5. The van der Waals surface area contributed by atoms with Gasteiger partial charge in [-0.1, -0.05) is 31.9 Å². The molecule has 0 heterocycles.